The van der Waals surface area contributed by atoms with Crippen molar-refractivity contribution in [1.82, 2.24) is 9.97 Å². The topological polar surface area (TPSA) is 69.2 Å². The first kappa shape index (κ1) is 15.9. The van der Waals surface area contributed by atoms with Gasteiger partial charge in [0.1, 0.15) is 5.82 Å². The Morgan fingerprint density at radius 2 is 1.65 bits per heavy atom. The minimum atomic E-state index is -0.954. The Hall–Kier alpha value is -3.60. The van der Waals surface area contributed by atoms with Crippen molar-refractivity contribution in [2.75, 3.05) is 11.9 Å². The molecule has 0 aliphatic rings. The molecule has 0 aliphatic heterocycles. The number of fused-ring (bicyclic) bond motifs is 1. The van der Waals surface area contributed by atoms with Gasteiger partial charge in [0.15, 0.2) is 0 Å². The van der Waals surface area contributed by atoms with Crippen LogP contribution >= 0.6 is 0 Å². The van der Waals surface area contributed by atoms with Gasteiger partial charge < -0.3 is 15.0 Å². The zero-order valence-electron chi connectivity index (χ0n) is 14.2. The number of hydrogen-bond donors (Lipinski definition) is 2. The van der Waals surface area contributed by atoms with E-state index >= 15 is 0 Å². The number of aromatic carboxylic acids is 1. The molecule has 0 radical (unpaired) electrons. The molecule has 128 valence electrons. The number of nitrogens with one attached hydrogen (secondary N) is 1. The zero-order chi connectivity index (χ0) is 18.1. The van der Waals surface area contributed by atoms with Crippen LogP contribution in [0, 0.1) is 0 Å². The number of para-hydroxylation sites is 1. The molecule has 5 heteroatoms. The van der Waals surface area contributed by atoms with Crippen LogP contribution < -0.4 is 4.90 Å². The molecule has 0 saturated heterocycles. The molecule has 2 N–H and O–H groups in total. The van der Waals surface area contributed by atoms with E-state index in [9.17, 15) is 4.79 Å². The van der Waals surface area contributed by atoms with Gasteiger partial charge in [-0.2, -0.15) is 0 Å². The third kappa shape index (κ3) is 2.91. The quantitative estimate of drug-likeness (QED) is 0.564. The lowest BCUT2D eigenvalue weighted by atomic mass is 10.2. The van der Waals surface area contributed by atoms with Gasteiger partial charge in [0.05, 0.1) is 16.6 Å². The maximum absolute atomic E-state index is 11.1. The van der Waals surface area contributed by atoms with Gasteiger partial charge in [0.25, 0.3) is 0 Å². The lowest BCUT2D eigenvalue weighted by Gasteiger charge is -2.19. The Bertz CT molecular complexity index is 1070. The average molecular weight is 343 g/mol. The van der Waals surface area contributed by atoms with Crippen LogP contribution in [-0.2, 0) is 0 Å². The number of anilines is 2. The van der Waals surface area contributed by atoms with Crippen LogP contribution in [0.15, 0.2) is 72.8 Å². The van der Waals surface area contributed by atoms with E-state index in [4.69, 9.17) is 5.11 Å². The van der Waals surface area contributed by atoms with Crippen LogP contribution in [0.5, 0.6) is 0 Å². The van der Waals surface area contributed by atoms with Crippen LogP contribution in [0.1, 0.15) is 10.4 Å². The number of nitrogens with zero attached hydrogens (tertiary/aromatic N) is 2. The summed E-state index contributed by atoms with van der Waals surface area (Å²) in [7, 11) is 2.03. The van der Waals surface area contributed by atoms with Crippen molar-refractivity contribution in [1.29, 1.82) is 0 Å². The summed E-state index contributed by atoms with van der Waals surface area (Å²) in [6.07, 6.45) is 0. The second-order valence-electron chi connectivity index (χ2n) is 6.06. The van der Waals surface area contributed by atoms with Gasteiger partial charge >= 0.3 is 5.97 Å². The molecule has 26 heavy (non-hydrogen) atoms. The maximum atomic E-state index is 11.1. The number of aromatic nitrogens is 2. The highest BCUT2D eigenvalue weighted by atomic mass is 16.4. The number of carbonyl (C=O) groups is 1. The molecule has 0 fully saturated rings. The molecule has 4 aromatic rings. The number of H-pyrrole nitrogens is 1. The Morgan fingerprint density at radius 3 is 2.35 bits per heavy atom. The van der Waals surface area contributed by atoms with Gasteiger partial charge in [-0.25, -0.2) is 9.78 Å². The van der Waals surface area contributed by atoms with E-state index in [1.165, 1.54) is 0 Å². The summed E-state index contributed by atoms with van der Waals surface area (Å²) in [6.45, 7) is 0. The predicted octanol–water partition coefficient (Wildman–Crippen LogP) is 4.70. The largest absolute Gasteiger partial charge is 0.478 e. The van der Waals surface area contributed by atoms with Crippen LogP contribution in [0.25, 0.3) is 22.4 Å². The Labute approximate surface area is 150 Å². The van der Waals surface area contributed by atoms with E-state index in [-0.39, 0.29) is 5.56 Å². The molecule has 5 nitrogen and oxygen atoms in total. The smallest absolute Gasteiger partial charge is 0.335 e. The molecule has 1 aromatic heterocycles. The van der Waals surface area contributed by atoms with Crippen molar-refractivity contribution in [3.63, 3.8) is 0 Å². The van der Waals surface area contributed by atoms with Crippen LogP contribution in [0.2, 0.25) is 0 Å². The number of rotatable bonds is 4. The molecule has 1 heterocycles. The fourth-order valence-electron chi connectivity index (χ4n) is 2.92. The van der Waals surface area contributed by atoms with Crippen molar-refractivity contribution >= 4 is 28.4 Å². The number of imidazole rings is 1. The lowest BCUT2D eigenvalue weighted by Crippen LogP contribution is -2.08. The van der Waals surface area contributed by atoms with Gasteiger partial charge in [-0.05, 0) is 54.6 Å². The summed E-state index contributed by atoms with van der Waals surface area (Å²) in [5.74, 6) is -0.235. The minimum Gasteiger partial charge on any atom is -0.478 e. The van der Waals surface area contributed by atoms with Gasteiger partial charge in [-0.3, -0.25) is 0 Å². The normalized spacial score (nSPS) is 10.8. The van der Waals surface area contributed by atoms with Crippen LogP contribution in [0.3, 0.4) is 0 Å². The maximum Gasteiger partial charge on any atom is 0.335 e. The molecule has 0 saturated carbocycles. The zero-order valence-corrected chi connectivity index (χ0v) is 14.2. The molecule has 4 rings (SSSR count). The number of hydrogen-bond acceptors (Lipinski definition) is 3. The molecular formula is C21H17N3O2. The van der Waals surface area contributed by atoms with E-state index in [1.807, 2.05) is 49.5 Å². The molecule has 0 spiro atoms. The first-order valence-corrected chi connectivity index (χ1v) is 8.24. The van der Waals surface area contributed by atoms with Crippen molar-refractivity contribution < 1.29 is 9.90 Å². The molecular weight excluding hydrogens is 326 g/mol. The third-order valence-electron chi connectivity index (χ3n) is 4.40. The summed E-state index contributed by atoms with van der Waals surface area (Å²) in [4.78, 5) is 21.0. The first-order chi connectivity index (χ1) is 12.6. The summed E-state index contributed by atoms with van der Waals surface area (Å²) in [5.41, 5.74) is 4.83. The second-order valence-corrected chi connectivity index (χ2v) is 6.06. The van der Waals surface area contributed by atoms with Crippen molar-refractivity contribution in [2.24, 2.45) is 0 Å². The van der Waals surface area contributed by atoms with E-state index in [2.05, 4.69) is 27.0 Å². The molecule has 0 amide bonds. The molecule has 0 bridgehead atoms. The fourth-order valence-corrected chi connectivity index (χ4v) is 2.92. The molecule has 0 aliphatic carbocycles. The highest BCUT2D eigenvalue weighted by molar-refractivity contribution is 5.93. The van der Waals surface area contributed by atoms with Gasteiger partial charge in [-0.1, -0.05) is 18.2 Å². The van der Waals surface area contributed by atoms with Gasteiger partial charge in [0.2, 0.25) is 0 Å². The highest BCUT2D eigenvalue weighted by Gasteiger charge is 2.10. The Balaban J connectivity index is 1.64. The summed E-state index contributed by atoms with van der Waals surface area (Å²) >= 11 is 0. The van der Waals surface area contributed by atoms with Crippen LogP contribution in [0.4, 0.5) is 11.4 Å². The number of carboxylic acid groups (broad SMARTS) is 1. The van der Waals surface area contributed by atoms with E-state index in [1.54, 1.807) is 18.2 Å². The summed E-state index contributed by atoms with van der Waals surface area (Å²) < 4.78 is 0. The molecule has 3 aromatic carbocycles. The standard InChI is InChI=1S/C21H17N3O2/c1-24(16-5-3-2-4-6-16)17-10-7-14(8-11-17)20-22-18-12-9-15(21(25)26)13-19(18)23-20/h2-13H,1H3,(H,22,23)(H,25,26). The van der Waals surface area contributed by atoms with E-state index < -0.39 is 5.97 Å². The monoisotopic (exact) mass is 343 g/mol. The number of aromatic amines is 1. The average Bonchev–Trinajstić information content (AvgIpc) is 3.11. The Morgan fingerprint density at radius 1 is 0.962 bits per heavy atom. The van der Waals surface area contributed by atoms with E-state index in [0.29, 0.717) is 5.52 Å². The highest BCUT2D eigenvalue weighted by Crippen LogP contribution is 2.27. The number of benzene rings is 3. The molecule has 0 unspecified atom stereocenters. The first-order valence-electron chi connectivity index (χ1n) is 8.24. The third-order valence-corrected chi connectivity index (χ3v) is 4.40. The predicted molar refractivity (Wildman–Crippen MR) is 103 cm³/mol. The molecule has 0 atom stereocenters. The summed E-state index contributed by atoms with van der Waals surface area (Å²) in [6, 6.07) is 23.1. The van der Waals surface area contributed by atoms with Gasteiger partial charge in [0, 0.05) is 24.0 Å². The van der Waals surface area contributed by atoms with Gasteiger partial charge in [-0.15, -0.1) is 0 Å². The van der Waals surface area contributed by atoms with Crippen molar-refractivity contribution in [2.45, 2.75) is 0 Å². The Kier molecular flexibility index (Phi) is 3.89. The van der Waals surface area contributed by atoms with Crippen molar-refractivity contribution in [3.05, 3.63) is 78.4 Å². The minimum absolute atomic E-state index is 0.232. The SMILES string of the molecule is CN(c1ccccc1)c1ccc(-c2nc3cc(C(=O)O)ccc3[nH]2)cc1. The number of carboxylic acids is 1. The fraction of sp³-hybridized carbons (Fsp3) is 0.0476. The van der Waals surface area contributed by atoms with E-state index in [0.717, 1.165) is 28.3 Å². The second kappa shape index (κ2) is 6.37. The lowest BCUT2D eigenvalue weighted by molar-refractivity contribution is 0.0697. The van der Waals surface area contributed by atoms with Crippen LogP contribution in [-0.4, -0.2) is 28.1 Å². The van der Waals surface area contributed by atoms with Crippen molar-refractivity contribution in [3.8, 4) is 11.4 Å². The summed E-state index contributed by atoms with van der Waals surface area (Å²) in [5, 5.41) is 9.10.